The second-order valence-corrected chi connectivity index (χ2v) is 8.61. The first-order valence-corrected chi connectivity index (χ1v) is 11.1. The Balaban J connectivity index is 1.34. The van der Waals surface area contributed by atoms with Crippen LogP contribution >= 0.6 is 11.8 Å². The molecule has 2 aliphatic rings. The van der Waals surface area contributed by atoms with E-state index in [-0.39, 0.29) is 11.9 Å². The minimum atomic E-state index is 0.0935. The van der Waals surface area contributed by atoms with Crippen LogP contribution in [0.25, 0.3) is 0 Å². The predicted octanol–water partition coefficient (Wildman–Crippen LogP) is 3.24. The molecule has 7 nitrogen and oxygen atoms in total. The molecular weight excluding hydrogens is 376 g/mol. The summed E-state index contributed by atoms with van der Waals surface area (Å²) in [4.78, 5) is 15.1. The Kier molecular flexibility index (Phi) is 6.18. The lowest BCUT2D eigenvalue weighted by atomic mass is 10.2. The number of Topliss-reactive ketones (excluding diaryl/α,β-unsaturated/α-hetero) is 1. The fraction of sp³-hybridized carbons (Fsp3) is 0.650. The van der Waals surface area contributed by atoms with Crippen molar-refractivity contribution in [3.63, 3.8) is 0 Å². The third-order valence-electron chi connectivity index (χ3n) is 5.62. The van der Waals surface area contributed by atoms with Gasteiger partial charge in [-0.05, 0) is 58.7 Å². The van der Waals surface area contributed by atoms with Gasteiger partial charge in [-0.1, -0.05) is 11.8 Å². The lowest BCUT2D eigenvalue weighted by Gasteiger charge is -2.14. The highest BCUT2D eigenvalue weighted by molar-refractivity contribution is 7.99. The number of thioether (sulfide) groups is 1. The van der Waals surface area contributed by atoms with Crippen LogP contribution in [0.2, 0.25) is 0 Å². The van der Waals surface area contributed by atoms with Gasteiger partial charge in [-0.2, -0.15) is 0 Å². The van der Waals surface area contributed by atoms with Crippen LogP contribution in [0.15, 0.2) is 15.7 Å². The molecule has 2 aromatic rings. The summed E-state index contributed by atoms with van der Waals surface area (Å²) >= 11 is 1.32. The predicted molar refractivity (Wildman–Crippen MR) is 107 cm³/mol. The summed E-state index contributed by atoms with van der Waals surface area (Å²) in [5.41, 5.74) is 2.89. The summed E-state index contributed by atoms with van der Waals surface area (Å²) in [6.45, 7) is 8.61. The van der Waals surface area contributed by atoms with Gasteiger partial charge in [0.05, 0.1) is 18.4 Å². The van der Waals surface area contributed by atoms with Gasteiger partial charge in [-0.15, -0.1) is 10.2 Å². The SMILES string of the molecule is Cc1cc(C(=O)CSc2nnc(CN3CCCC3)o2)c(C)n1C[C@@H]1CCCO1. The number of carbonyl (C=O) groups excluding carboxylic acids is 1. The standard InChI is InChI=1S/C20H28N4O3S/c1-14-10-17(15(2)24(14)11-16-6-5-9-26-16)18(25)13-28-20-22-21-19(27-20)12-23-7-3-4-8-23/h10,16H,3-9,11-13H2,1-2H3/t16-/m0/s1. The Morgan fingerprint density at radius 2 is 2.07 bits per heavy atom. The number of carbonyl (C=O) groups is 1. The second-order valence-electron chi connectivity index (χ2n) is 7.69. The highest BCUT2D eigenvalue weighted by Gasteiger charge is 2.22. The Labute approximate surface area is 169 Å². The van der Waals surface area contributed by atoms with Crippen molar-refractivity contribution in [3.05, 3.63) is 28.9 Å². The zero-order chi connectivity index (χ0) is 19.5. The van der Waals surface area contributed by atoms with Crippen LogP contribution in [0.5, 0.6) is 0 Å². The Bertz CT molecular complexity index is 820. The molecule has 0 radical (unpaired) electrons. The smallest absolute Gasteiger partial charge is 0.277 e. The first-order valence-electron chi connectivity index (χ1n) is 10.1. The summed E-state index contributed by atoms with van der Waals surface area (Å²) < 4.78 is 13.7. The number of rotatable bonds is 8. The lowest BCUT2D eigenvalue weighted by Crippen LogP contribution is -2.18. The van der Waals surface area contributed by atoms with Crippen LogP contribution in [0.4, 0.5) is 0 Å². The van der Waals surface area contributed by atoms with E-state index in [1.165, 1.54) is 24.6 Å². The molecule has 0 saturated carbocycles. The number of hydrogen-bond donors (Lipinski definition) is 0. The van der Waals surface area contributed by atoms with Gasteiger partial charge < -0.3 is 13.7 Å². The average molecular weight is 405 g/mol. The maximum atomic E-state index is 12.8. The second kappa shape index (κ2) is 8.80. The van der Waals surface area contributed by atoms with Gasteiger partial charge in [-0.25, -0.2) is 0 Å². The molecule has 2 aromatic heterocycles. The average Bonchev–Trinajstić information content (AvgIpc) is 3.47. The Morgan fingerprint density at radius 1 is 1.25 bits per heavy atom. The lowest BCUT2D eigenvalue weighted by molar-refractivity contribution is 0.0957. The van der Waals surface area contributed by atoms with Crippen LogP contribution in [0.3, 0.4) is 0 Å². The van der Waals surface area contributed by atoms with Crippen molar-refractivity contribution in [2.75, 3.05) is 25.4 Å². The maximum Gasteiger partial charge on any atom is 0.277 e. The van der Waals surface area contributed by atoms with Gasteiger partial charge >= 0.3 is 0 Å². The molecule has 4 rings (SSSR count). The maximum absolute atomic E-state index is 12.8. The van der Waals surface area contributed by atoms with E-state index in [2.05, 4.69) is 26.6 Å². The first kappa shape index (κ1) is 19.7. The monoisotopic (exact) mass is 404 g/mol. The Morgan fingerprint density at radius 3 is 2.82 bits per heavy atom. The van der Waals surface area contributed by atoms with E-state index < -0.39 is 0 Å². The van der Waals surface area contributed by atoms with E-state index in [9.17, 15) is 4.79 Å². The van der Waals surface area contributed by atoms with Gasteiger partial charge in [-0.3, -0.25) is 9.69 Å². The van der Waals surface area contributed by atoms with E-state index in [0.29, 0.717) is 23.4 Å². The van der Waals surface area contributed by atoms with Gasteiger partial charge in [0, 0.05) is 30.1 Å². The largest absolute Gasteiger partial charge is 0.415 e. The molecule has 0 spiro atoms. The summed E-state index contributed by atoms with van der Waals surface area (Å²) in [7, 11) is 0. The third kappa shape index (κ3) is 4.50. The molecule has 2 aliphatic heterocycles. The van der Waals surface area contributed by atoms with Crippen molar-refractivity contribution in [1.82, 2.24) is 19.7 Å². The van der Waals surface area contributed by atoms with Crippen molar-refractivity contribution >= 4 is 17.5 Å². The van der Waals surface area contributed by atoms with E-state index in [4.69, 9.17) is 9.15 Å². The molecule has 0 unspecified atom stereocenters. The van der Waals surface area contributed by atoms with E-state index in [1.807, 2.05) is 13.0 Å². The van der Waals surface area contributed by atoms with E-state index in [0.717, 1.165) is 56.0 Å². The van der Waals surface area contributed by atoms with Crippen LogP contribution in [0.1, 0.15) is 53.3 Å². The van der Waals surface area contributed by atoms with Crippen LogP contribution < -0.4 is 0 Å². The molecule has 2 saturated heterocycles. The molecule has 8 heteroatoms. The quantitative estimate of drug-likeness (QED) is 0.494. The molecule has 0 N–H and O–H groups in total. The molecular formula is C20H28N4O3S. The highest BCUT2D eigenvalue weighted by Crippen LogP contribution is 2.24. The van der Waals surface area contributed by atoms with Gasteiger partial charge in [0.2, 0.25) is 5.89 Å². The zero-order valence-corrected chi connectivity index (χ0v) is 17.5. The molecule has 152 valence electrons. The number of nitrogens with zero attached hydrogens (tertiary/aromatic N) is 4. The molecule has 0 bridgehead atoms. The summed E-state index contributed by atoms with van der Waals surface area (Å²) in [6, 6.07) is 1.99. The number of aromatic nitrogens is 3. The molecule has 0 amide bonds. The third-order valence-corrected chi connectivity index (χ3v) is 6.44. The van der Waals surface area contributed by atoms with Crippen molar-refractivity contribution in [3.8, 4) is 0 Å². The number of ketones is 1. The normalized spacial score (nSPS) is 20.3. The minimum absolute atomic E-state index is 0.0935. The highest BCUT2D eigenvalue weighted by atomic mass is 32.2. The summed E-state index contributed by atoms with van der Waals surface area (Å²) in [5, 5.41) is 8.67. The summed E-state index contributed by atoms with van der Waals surface area (Å²) in [5.74, 6) is 1.03. The molecule has 1 atom stereocenters. The number of aryl methyl sites for hydroxylation is 1. The number of ether oxygens (including phenoxy) is 1. The summed E-state index contributed by atoms with van der Waals surface area (Å²) in [6.07, 6.45) is 4.93. The van der Waals surface area contributed by atoms with Crippen LogP contribution in [0, 0.1) is 13.8 Å². The van der Waals surface area contributed by atoms with Crippen LogP contribution in [-0.4, -0.2) is 57.0 Å². The number of likely N-dealkylation sites (tertiary alicyclic amines) is 1. The fourth-order valence-corrected chi connectivity index (χ4v) is 4.72. The van der Waals surface area contributed by atoms with E-state index in [1.54, 1.807) is 0 Å². The zero-order valence-electron chi connectivity index (χ0n) is 16.6. The van der Waals surface area contributed by atoms with Crippen molar-refractivity contribution in [1.29, 1.82) is 0 Å². The van der Waals surface area contributed by atoms with Crippen molar-refractivity contribution in [2.24, 2.45) is 0 Å². The van der Waals surface area contributed by atoms with E-state index >= 15 is 0 Å². The van der Waals surface area contributed by atoms with Gasteiger partial charge in [0.1, 0.15) is 0 Å². The molecule has 0 aromatic carbocycles. The molecule has 4 heterocycles. The van der Waals surface area contributed by atoms with Gasteiger partial charge in [0.15, 0.2) is 5.78 Å². The first-order chi connectivity index (χ1) is 13.6. The molecule has 28 heavy (non-hydrogen) atoms. The Hall–Kier alpha value is -1.64. The molecule has 0 aliphatic carbocycles. The number of hydrogen-bond acceptors (Lipinski definition) is 7. The van der Waals surface area contributed by atoms with Crippen LogP contribution in [-0.2, 0) is 17.8 Å². The minimum Gasteiger partial charge on any atom is -0.415 e. The van der Waals surface area contributed by atoms with Crippen molar-refractivity contribution < 1.29 is 13.9 Å². The van der Waals surface area contributed by atoms with Gasteiger partial charge in [0.25, 0.3) is 5.22 Å². The van der Waals surface area contributed by atoms with Crippen molar-refractivity contribution in [2.45, 2.75) is 63.9 Å². The fourth-order valence-electron chi connectivity index (χ4n) is 4.05. The molecule has 2 fully saturated rings. The topological polar surface area (TPSA) is 73.4 Å².